The van der Waals surface area contributed by atoms with Crippen LogP contribution in [0.15, 0.2) is 24.3 Å². The zero-order valence-electron chi connectivity index (χ0n) is 9.53. The Kier molecular flexibility index (Phi) is 2.57. The molecule has 1 N–H and O–H groups in total. The Morgan fingerprint density at radius 1 is 1.33 bits per heavy atom. The highest BCUT2D eigenvalue weighted by Gasteiger charge is 2.41. The quantitative estimate of drug-likeness (QED) is 0.760. The molecule has 0 spiro atoms. The van der Waals surface area contributed by atoms with Gasteiger partial charge in [0.25, 0.3) is 0 Å². The van der Waals surface area contributed by atoms with Gasteiger partial charge in [0.05, 0.1) is 12.2 Å². The van der Waals surface area contributed by atoms with Crippen molar-refractivity contribution in [3.8, 4) is 0 Å². The molecule has 1 aromatic carbocycles. The van der Waals surface area contributed by atoms with Crippen molar-refractivity contribution in [3.05, 3.63) is 35.4 Å². The van der Waals surface area contributed by atoms with Crippen molar-refractivity contribution >= 4 is 0 Å². The van der Waals surface area contributed by atoms with Crippen LogP contribution in [0, 0.1) is 0 Å². The van der Waals surface area contributed by atoms with Gasteiger partial charge < -0.3 is 9.84 Å². The van der Waals surface area contributed by atoms with Crippen LogP contribution in [-0.2, 0) is 16.6 Å². The van der Waals surface area contributed by atoms with Crippen LogP contribution in [-0.4, -0.2) is 24.4 Å². The molecule has 82 valence electrons. The fraction of sp³-hybridized carbons (Fsp3) is 0.538. The molecule has 2 unspecified atom stereocenters. The summed E-state index contributed by atoms with van der Waals surface area (Å²) in [5, 5.41) is 10.0. The maximum atomic E-state index is 10.0. The van der Waals surface area contributed by atoms with Crippen LogP contribution in [0.25, 0.3) is 0 Å². The van der Waals surface area contributed by atoms with Crippen molar-refractivity contribution in [2.24, 2.45) is 0 Å². The van der Waals surface area contributed by atoms with E-state index in [2.05, 4.69) is 26.0 Å². The lowest BCUT2D eigenvalue weighted by Crippen LogP contribution is -2.49. The Hall–Kier alpha value is -0.860. The normalized spacial score (nSPS) is 28.5. The lowest BCUT2D eigenvalue weighted by molar-refractivity contribution is -0.0571. The zero-order chi connectivity index (χ0) is 11.1. The second-order valence-corrected chi connectivity index (χ2v) is 4.81. The van der Waals surface area contributed by atoms with Crippen LogP contribution < -0.4 is 0 Å². The fourth-order valence-electron chi connectivity index (χ4n) is 2.75. The van der Waals surface area contributed by atoms with Gasteiger partial charge in [0.2, 0.25) is 0 Å². The van der Waals surface area contributed by atoms with Crippen LogP contribution in [0.4, 0.5) is 0 Å². The largest absolute Gasteiger partial charge is 0.390 e. The van der Waals surface area contributed by atoms with E-state index in [1.165, 1.54) is 11.1 Å². The minimum Gasteiger partial charge on any atom is -0.390 e. The van der Waals surface area contributed by atoms with Gasteiger partial charge in [-0.25, -0.2) is 0 Å². The SMILES string of the molecule is COC1C(O)Cc2ccccc2C1(C)C. The van der Waals surface area contributed by atoms with E-state index in [9.17, 15) is 5.11 Å². The van der Waals surface area contributed by atoms with E-state index in [0.29, 0.717) is 6.42 Å². The number of aliphatic hydroxyl groups excluding tert-OH is 1. The number of rotatable bonds is 1. The number of aliphatic hydroxyl groups is 1. The lowest BCUT2D eigenvalue weighted by Gasteiger charge is -2.42. The Morgan fingerprint density at radius 3 is 2.67 bits per heavy atom. The standard InChI is InChI=1S/C13H18O2/c1-13(2)10-7-5-4-6-9(10)8-11(14)12(13)15-3/h4-7,11-12,14H,8H2,1-3H3. The molecule has 0 saturated carbocycles. The topological polar surface area (TPSA) is 29.5 Å². The number of hydrogen-bond donors (Lipinski definition) is 1. The second-order valence-electron chi connectivity index (χ2n) is 4.81. The average molecular weight is 206 g/mol. The summed E-state index contributed by atoms with van der Waals surface area (Å²) in [7, 11) is 1.67. The molecule has 0 amide bonds. The summed E-state index contributed by atoms with van der Waals surface area (Å²) in [6, 6.07) is 8.29. The van der Waals surface area contributed by atoms with Crippen molar-refractivity contribution in [2.45, 2.75) is 37.9 Å². The lowest BCUT2D eigenvalue weighted by atomic mass is 9.69. The Bertz CT molecular complexity index is 357. The van der Waals surface area contributed by atoms with Gasteiger partial charge in [-0.05, 0) is 11.1 Å². The van der Waals surface area contributed by atoms with Gasteiger partial charge in [-0.2, -0.15) is 0 Å². The smallest absolute Gasteiger partial charge is 0.0924 e. The zero-order valence-corrected chi connectivity index (χ0v) is 9.53. The number of ether oxygens (including phenoxy) is 1. The van der Waals surface area contributed by atoms with Crippen molar-refractivity contribution < 1.29 is 9.84 Å². The molecule has 2 rings (SSSR count). The monoisotopic (exact) mass is 206 g/mol. The van der Waals surface area contributed by atoms with Crippen LogP contribution in [0.5, 0.6) is 0 Å². The highest BCUT2D eigenvalue weighted by Crippen LogP contribution is 2.38. The molecule has 2 nitrogen and oxygen atoms in total. The van der Waals surface area contributed by atoms with Crippen LogP contribution in [0.1, 0.15) is 25.0 Å². The van der Waals surface area contributed by atoms with Gasteiger partial charge in [-0.1, -0.05) is 38.1 Å². The summed E-state index contributed by atoms with van der Waals surface area (Å²) < 4.78 is 5.43. The van der Waals surface area contributed by atoms with Gasteiger partial charge in [-0.15, -0.1) is 0 Å². The van der Waals surface area contributed by atoms with E-state index >= 15 is 0 Å². The first-order valence-corrected chi connectivity index (χ1v) is 5.36. The number of hydrogen-bond acceptors (Lipinski definition) is 2. The Balaban J connectivity index is 2.50. The summed E-state index contributed by atoms with van der Waals surface area (Å²) in [5.41, 5.74) is 2.41. The molecular formula is C13H18O2. The molecule has 0 aliphatic heterocycles. The van der Waals surface area contributed by atoms with Crippen LogP contribution in [0.3, 0.4) is 0 Å². The molecule has 2 heteroatoms. The third-order valence-electron chi connectivity index (χ3n) is 3.46. The van der Waals surface area contributed by atoms with E-state index in [1.807, 2.05) is 12.1 Å². The molecule has 0 radical (unpaired) electrons. The van der Waals surface area contributed by atoms with E-state index in [4.69, 9.17) is 4.74 Å². The van der Waals surface area contributed by atoms with Gasteiger partial charge in [0, 0.05) is 18.9 Å². The summed E-state index contributed by atoms with van der Waals surface area (Å²) in [4.78, 5) is 0. The van der Waals surface area contributed by atoms with Gasteiger partial charge in [0.15, 0.2) is 0 Å². The van der Waals surface area contributed by atoms with Gasteiger partial charge in [0.1, 0.15) is 0 Å². The van der Waals surface area contributed by atoms with Crippen molar-refractivity contribution in [3.63, 3.8) is 0 Å². The molecule has 0 saturated heterocycles. The van der Waals surface area contributed by atoms with Crippen molar-refractivity contribution in [1.29, 1.82) is 0 Å². The predicted molar refractivity (Wildman–Crippen MR) is 60.0 cm³/mol. The van der Waals surface area contributed by atoms with Crippen molar-refractivity contribution in [2.75, 3.05) is 7.11 Å². The average Bonchev–Trinajstić information content (AvgIpc) is 2.17. The first kappa shape index (κ1) is 10.7. The highest BCUT2D eigenvalue weighted by atomic mass is 16.5. The molecule has 1 aliphatic rings. The minimum atomic E-state index is -0.403. The summed E-state index contributed by atoms with van der Waals surface area (Å²) in [6.45, 7) is 4.25. The Morgan fingerprint density at radius 2 is 2.00 bits per heavy atom. The third-order valence-corrected chi connectivity index (χ3v) is 3.46. The van der Waals surface area contributed by atoms with E-state index in [0.717, 1.165) is 0 Å². The third kappa shape index (κ3) is 1.58. The van der Waals surface area contributed by atoms with Crippen molar-refractivity contribution in [1.82, 2.24) is 0 Å². The summed E-state index contributed by atoms with van der Waals surface area (Å²) in [6.07, 6.45) is 0.172. The molecule has 15 heavy (non-hydrogen) atoms. The van der Waals surface area contributed by atoms with Crippen LogP contribution in [0.2, 0.25) is 0 Å². The summed E-state index contributed by atoms with van der Waals surface area (Å²) >= 11 is 0. The molecule has 1 aliphatic carbocycles. The first-order chi connectivity index (χ1) is 7.07. The second kappa shape index (κ2) is 3.62. The maximum Gasteiger partial charge on any atom is 0.0924 e. The summed E-state index contributed by atoms with van der Waals surface area (Å²) in [5.74, 6) is 0. The molecule has 0 aromatic heterocycles. The molecule has 2 atom stereocenters. The van der Waals surface area contributed by atoms with E-state index < -0.39 is 6.10 Å². The molecule has 0 fully saturated rings. The fourth-order valence-corrected chi connectivity index (χ4v) is 2.75. The maximum absolute atomic E-state index is 10.0. The Labute approximate surface area is 90.9 Å². The van der Waals surface area contributed by atoms with Gasteiger partial charge in [-0.3, -0.25) is 0 Å². The minimum absolute atomic E-state index is 0.118. The van der Waals surface area contributed by atoms with E-state index in [1.54, 1.807) is 7.11 Å². The molecule has 0 heterocycles. The van der Waals surface area contributed by atoms with Gasteiger partial charge >= 0.3 is 0 Å². The number of fused-ring (bicyclic) bond motifs is 1. The van der Waals surface area contributed by atoms with Crippen LogP contribution >= 0.6 is 0 Å². The first-order valence-electron chi connectivity index (χ1n) is 5.36. The highest BCUT2D eigenvalue weighted by molar-refractivity contribution is 5.38. The van der Waals surface area contributed by atoms with E-state index in [-0.39, 0.29) is 11.5 Å². The number of benzene rings is 1. The molecule has 0 bridgehead atoms. The predicted octanol–water partition coefficient (Wildman–Crippen LogP) is 1.90. The number of methoxy groups -OCH3 is 1. The molecular weight excluding hydrogens is 188 g/mol. The molecule has 1 aromatic rings.